The quantitative estimate of drug-likeness (QED) is 0.629. The van der Waals surface area contributed by atoms with Crippen molar-refractivity contribution < 1.29 is 9.90 Å². The zero-order valence-corrected chi connectivity index (χ0v) is 8.92. The Morgan fingerprint density at radius 2 is 2.08 bits per heavy atom. The molecule has 0 atom stereocenters. The summed E-state index contributed by atoms with van der Waals surface area (Å²) in [7, 11) is 1.93. The predicted molar refractivity (Wildman–Crippen MR) is 52.5 cm³/mol. The van der Waals surface area contributed by atoms with Gasteiger partial charge in [0.1, 0.15) is 0 Å². The van der Waals surface area contributed by atoms with Gasteiger partial charge in [-0.05, 0) is 20.9 Å². The molecule has 0 spiro atoms. The Balaban J connectivity index is 3.74. The van der Waals surface area contributed by atoms with Crippen molar-refractivity contribution in [1.82, 2.24) is 10.2 Å². The molecule has 4 heteroatoms. The van der Waals surface area contributed by atoms with Gasteiger partial charge in [-0.15, -0.1) is 0 Å². The highest BCUT2D eigenvalue weighted by Crippen LogP contribution is 2.09. The lowest BCUT2D eigenvalue weighted by Crippen LogP contribution is -2.47. The average Bonchev–Trinajstić information content (AvgIpc) is 2.03. The van der Waals surface area contributed by atoms with E-state index in [4.69, 9.17) is 5.11 Å². The van der Waals surface area contributed by atoms with Crippen molar-refractivity contribution in [1.29, 1.82) is 0 Å². The van der Waals surface area contributed by atoms with E-state index in [1.807, 2.05) is 25.8 Å². The molecular weight excluding hydrogens is 168 g/mol. The molecule has 13 heavy (non-hydrogen) atoms. The number of aliphatic hydroxyl groups excluding tert-OH is 1. The fraction of sp³-hybridized carbons (Fsp3) is 0.889. The number of hydrogen-bond acceptors (Lipinski definition) is 3. The highest BCUT2D eigenvalue weighted by Gasteiger charge is 2.21. The van der Waals surface area contributed by atoms with Crippen LogP contribution in [0.1, 0.15) is 20.8 Å². The van der Waals surface area contributed by atoms with Gasteiger partial charge < -0.3 is 10.4 Å². The first kappa shape index (κ1) is 12.4. The van der Waals surface area contributed by atoms with Crippen molar-refractivity contribution in [2.24, 2.45) is 0 Å². The fourth-order valence-corrected chi connectivity index (χ4v) is 0.823. The molecular formula is C9H20N2O2. The van der Waals surface area contributed by atoms with E-state index < -0.39 is 0 Å². The third kappa shape index (κ3) is 4.85. The van der Waals surface area contributed by atoms with Gasteiger partial charge in [-0.3, -0.25) is 9.69 Å². The molecule has 0 aliphatic rings. The molecule has 0 fully saturated rings. The smallest absolute Gasteiger partial charge is 0.216 e. The number of carbonyl (C=O) groups is 1. The largest absolute Gasteiger partial charge is 0.394 e. The summed E-state index contributed by atoms with van der Waals surface area (Å²) in [5.41, 5.74) is -0.224. The SMILES string of the molecule is CC(=O)NCCN(C)C(C)(C)CO. The van der Waals surface area contributed by atoms with E-state index in [-0.39, 0.29) is 18.1 Å². The summed E-state index contributed by atoms with van der Waals surface area (Å²) in [5, 5.41) is 11.8. The third-order valence-electron chi connectivity index (χ3n) is 2.24. The molecule has 4 nitrogen and oxygen atoms in total. The summed E-state index contributed by atoms with van der Waals surface area (Å²) >= 11 is 0. The zero-order valence-electron chi connectivity index (χ0n) is 8.92. The number of amides is 1. The van der Waals surface area contributed by atoms with Crippen molar-refractivity contribution in [3.8, 4) is 0 Å². The second-order valence-electron chi connectivity index (χ2n) is 3.88. The van der Waals surface area contributed by atoms with Crippen LogP contribution in [0.25, 0.3) is 0 Å². The van der Waals surface area contributed by atoms with Crippen LogP contribution in [0.3, 0.4) is 0 Å². The Labute approximate surface area is 79.9 Å². The van der Waals surface area contributed by atoms with Gasteiger partial charge in [-0.25, -0.2) is 0 Å². The van der Waals surface area contributed by atoms with Crippen LogP contribution in [0, 0.1) is 0 Å². The Bertz CT molecular complexity index is 169. The molecule has 0 bridgehead atoms. The Hall–Kier alpha value is -0.610. The maximum Gasteiger partial charge on any atom is 0.216 e. The van der Waals surface area contributed by atoms with E-state index >= 15 is 0 Å². The summed E-state index contributed by atoms with van der Waals surface area (Å²) in [6.07, 6.45) is 0. The number of nitrogens with zero attached hydrogens (tertiary/aromatic N) is 1. The normalized spacial score (nSPS) is 11.8. The van der Waals surface area contributed by atoms with E-state index in [0.717, 1.165) is 6.54 Å². The first-order valence-corrected chi connectivity index (χ1v) is 4.46. The molecule has 0 saturated carbocycles. The number of nitrogens with one attached hydrogen (secondary N) is 1. The number of likely N-dealkylation sites (N-methyl/N-ethyl adjacent to an activating group) is 1. The average molecular weight is 188 g/mol. The van der Waals surface area contributed by atoms with Crippen molar-refractivity contribution in [3.63, 3.8) is 0 Å². The monoisotopic (exact) mass is 188 g/mol. The minimum atomic E-state index is -0.224. The van der Waals surface area contributed by atoms with Crippen LogP contribution >= 0.6 is 0 Å². The molecule has 0 aromatic carbocycles. The summed E-state index contributed by atoms with van der Waals surface area (Å²) in [4.78, 5) is 12.6. The first-order valence-electron chi connectivity index (χ1n) is 4.46. The molecule has 0 aromatic rings. The lowest BCUT2D eigenvalue weighted by Gasteiger charge is -2.33. The minimum absolute atomic E-state index is 0.0183. The van der Waals surface area contributed by atoms with Gasteiger partial charge in [0.15, 0.2) is 0 Å². The van der Waals surface area contributed by atoms with Gasteiger partial charge in [-0.1, -0.05) is 0 Å². The topological polar surface area (TPSA) is 52.6 Å². The Kier molecular flexibility index (Phi) is 4.95. The van der Waals surface area contributed by atoms with Crippen molar-refractivity contribution in [2.45, 2.75) is 26.3 Å². The van der Waals surface area contributed by atoms with Gasteiger partial charge >= 0.3 is 0 Å². The summed E-state index contributed by atoms with van der Waals surface area (Å²) in [5.74, 6) is -0.0183. The molecule has 2 N–H and O–H groups in total. The van der Waals surface area contributed by atoms with Crippen molar-refractivity contribution >= 4 is 5.91 Å². The molecule has 0 aliphatic heterocycles. The molecule has 0 aliphatic carbocycles. The lowest BCUT2D eigenvalue weighted by molar-refractivity contribution is -0.119. The standard InChI is InChI=1S/C9H20N2O2/c1-8(13)10-5-6-11(4)9(2,3)7-12/h12H,5-7H2,1-4H3,(H,10,13). The maximum absolute atomic E-state index is 10.6. The van der Waals surface area contributed by atoms with Gasteiger partial charge in [-0.2, -0.15) is 0 Å². The van der Waals surface area contributed by atoms with E-state index in [1.54, 1.807) is 0 Å². The molecule has 0 rings (SSSR count). The second-order valence-corrected chi connectivity index (χ2v) is 3.88. The number of aliphatic hydroxyl groups is 1. The minimum Gasteiger partial charge on any atom is -0.394 e. The molecule has 0 radical (unpaired) electrons. The maximum atomic E-state index is 10.6. The Morgan fingerprint density at radius 1 is 1.54 bits per heavy atom. The van der Waals surface area contributed by atoms with E-state index in [1.165, 1.54) is 6.92 Å². The first-order chi connectivity index (χ1) is 5.90. The molecule has 0 heterocycles. The highest BCUT2D eigenvalue weighted by atomic mass is 16.3. The van der Waals surface area contributed by atoms with E-state index in [9.17, 15) is 4.79 Å². The fourth-order valence-electron chi connectivity index (χ4n) is 0.823. The second kappa shape index (κ2) is 5.19. The number of hydrogen-bond donors (Lipinski definition) is 2. The third-order valence-corrected chi connectivity index (χ3v) is 2.24. The predicted octanol–water partition coefficient (Wildman–Crippen LogP) is -0.175. The van der Waals surface area contributed by atoms with Crippen molar-refractivity contribution in [3.05, 3.63) is 0 Å². The van der Waals surface area contributed by atoms with Crippen LogP contribution in [0.15, 0.2) is 0 Å². The lowest BCUT2D eigenvalue weighted by atomic mass is 10.1. The molecule has 78 valence electrons. The van der Waals surface area contributed by atoms with Gasteiger partial charge in [0.25, 0.3) is 0 Å². The van der Waals surface area contributed by atoms with Gasteiger partial charge in [0.2, 0.25) is 5.91 Å². The van der Waals surface area contributed by atoms with Crippen LogP contribution in [-0.4, -0.2) is 48.2 Å². The van der Waals surface area contributed by atoms with Gasteiger partial charge in [0.05, 0.1) is 6.61 Å². The highest BCUT2D eigenvalue weighted by molar-refractivity contribution is 5.72. The van der Waals surface area contributed by atoms with Gasteiger partial charge in [0, 0.05) is 25.6 Å². The van der Waals surface area contributed by atoms with Crippen LogP contribution in [-0.2, 0) is 4.79 Å². The summed E-state index contributed by atoms with van der Waals surface area (Å²) < 4.78 is 0. The van der Waals surface area contributed by atoms with Crippen LogP contribution in [0.5, 0.6) is 0 Å². The molecule has 0 saturated heterocycles. The van der Waals surface area contributed by atoms with E-state index in [2.05, 4.69) is 5.32 Å². The molecule has 0 aromatic heterocycles. The van der Waals surface area contributed by atoms with E-state index in [0.29, 0.717) is 6.54 Å². The number of rotatable bonds is 5. The molecule has 1 amide bonds. The van der Waals surface area contributed by atoms with Crippen LogP contribution < -0.4 is 5.32 Å². The van der Waals surface area contributed by atoms with Crippen LogP contribution in [0.2, 0.25) is 0 Å². The molecule has 0 unspecified atom stereocenters. The van der Waals surface area contributed by atoms with Crippen molar-refractivity contribution in [2.75, 3.05) is 26.7 Å². The van der Waals surface area contributed by atoms with Crippen LogP contribution in [0.4, 0.5) is 0 Å². The number of carbonyl (C=O) groups excluding carboxylic acids is 1. The zero-order chi connectivity index (χ0) is 10.5. The summed E-state index contributed by atoms with van der Waals surface area (Å²) in [6, 6.07) is 0. The summed E-state index contributed by atoms with van der Waals surface area (Å²) in [6.45, 7) is 6.89. The Morgan fingerprint density at radius 3 is 2.46 bits per heavy atom.